The third-order valence-electron chi connectivity index (χ3n) is 4.75. The zero-order valence-corrected chi connectivity index (χ0v) is 18.7. The number of aromatic nitrogens is 6. The van der Waals surface area contributed by atoms with Crippen LogP contribution in [0, 0.1) is 0 Å². The van der Waals surface area contributed by atoms with Gasteiger partial charge in [-0.15, -0.1) is 15.3 Å². The summed E-state index contributed by atoms with van der Waals surface area (Å²) in [5, 5.41) is 20.3. The normalized spacial score (nSPS) is 15.4. The van der Waals surface area contributed by atoms with Crippen LogP contribution in [-0.2, 0) is 27.1 Å². The Kier molecular flexibility index (Phi) is 6.95. The number of benzene rings is 1. The van der Waals surface area contributed by atoms with Crippen LogP contribution < -0.4 is 0 Å². The zero-order chi connectivity index (χ0) is 21.7. The second-order valence-corrected chi connectivity index (χ2v) is 9.74. The van der Waals surface area contributed by atoms with Gasteiger partial charge in [0.2, 0.25) is 15.9 Å². The second-order valence-electron chi connectivity index (χ2n) is 6.88. The first-order valence-electron chi connectivity index (χ1n) is 9.97. The van der Waals surface area contributed by atoms with E-state index in [1.165, 1.54) is 16.1 Å². The monoisotopic (exact) mass is 465 g/mol. The summed E-state index contributed by atoms with van der Waals surface area (Å²) in [6.45, 7) is 4.34. The van der Waals surface area contributed by atoms with Crippen molar-refractivity contribution in [1.82, 2.24) is 34.7 Å². The third-order valence-corrected chi connectivity index (χ3v) is 7.46. The van der Waals surface area contributed by atoms with E-state index in [2.05, 4.69) is 32.6 Å². The maximum atomic E-state index is 12.9. The van der Waals surface area contributed by atoms with E-state index in [0.717, 1.165) is 25.2 Å². The first-order valence-corrected chi connectivity index (χ1v) is 12.4. The molecule has 166 valence electrons. The van der Waals surface area contributed by atoms with Gasteiger partial charge in [-0.05, 0) is 35.0 Å². The molecule has 0 unspecified atom stereocenters. The quantitative estimate of drug-likeness (QED) is 0.432. The molecule has 0 amide bonds. The van der Waals surface area contributed by atoms with Crippen LogP contribution in [0.25, 0.3) is 11.5 Å². The maximum Gasteiger partial charge on any atom is 0.277 e. The third kappa shape index (κ3) is 5.11. The smallest absolute Gasteiger partial charge is 0.277 e. The number of sulfonamides is 1. The SMILES string of the molecule is CCCCn1nnnc1CSc1nnc(-c2cccc(S(=O)(=O)N3CCOCC3)c2)o1. The molecule has 11 nitrogen and oxygen atoms in total. The maximum absolute atomic E-state index is 12.9. The molecule has 0 saturated carbocycles. The van der Waals surface area contributed by atoms with Gasteiger partial charge in [0.25, 0.3) is 5.22 Å². The molecule has 0 aliphatic carbocycles. The van der Waals surface area contributed by atoms with E-state index in [1.54, 1.807) is 28.9 Å². The largest absolute Gasteiger partial charge is 0.411 e. The molecule has 0 radical (unpaired) electrons. The summed E-state index contributed by atoms with van der Waals surface area (Å²) >= 11 is 1.33. The van der Waals surface area contributed by atoms with Crippen molar-refractivity contribution in [2.45, 2.75) is 42.2 Å². The summed E-state index contributed by atoms with van der Waals surface area (Å²) < 4.78 is 40.0. The molecule has 1 saturated heterocycles. The Bertz CT molecular complexity index is 1110. The summed E-state index contributed by atoms with van der Waals surface area (Å²) in [6, 6.07) is 6.53. The summed E-state index contributed by atoms with van der Waals surface area (Å²) in [5.41, 5.74) is 0.543. The van der Waals surface area contributed by atoms with Crippen molar-refractivity contribution in [3.05, 3.63) is 30.1 Å². The first-order chi connectivity index (χ1) is 15.1. The minimum absolute atomic E-state index is 0.189. The highest BCUT2D eigenvalue weighted by atomic mass is 32.2. The fourth-order valence-electron chi connectivity index (χ4n) is 3.04. The van der Waals surface area contributed by atoms with Crippen molar-refractivity contribution >= 4 is 21.8 Å². The van der Waals surface area contributed by atoms with Gasteiger partial charge in [-0.3, -0.25) is 0 Å². The predicted molar refractivity (Wildman–Crippen MR) is 112 cm³/mol. The zero-order valence-electron chi connectivity index (χ0n) is 17.0. The second kappa shape index (κ2) is 9.85. The Hall–Kier alpha value is -2.35. The van der Waals surface area contributed by atoms with Crippen LogP contribution in [0.2, 0.25) is 0 Å². The van der Waals surface area contributed by atoms with E-state index in [0.29, 0.717) is 42.8 Å². The molecule has 1 aliphatic heterocycles. The molecule has 0 bridgehead atoms. The van der Waals surface area contributed by atoms with E-state index in [-0.39, 0.29) is 10.8 Å². The van der Waals surface area contributed by atoms with E-state index in [1.807, 2.05) is 0 Å². The van der Waals surface area contributed by atoms with Crippen LogP contribution in [0.1, 0.15) is 25.6 Å². The molecule has 13 heteroatoms. The van der Waals surface area contributed by atoms with Gasteiger partial charge >= 0.3 is 0 Å². The molecule has 2 aromatic heterocycles. The number of nitrogens with zero attached hydrogens (tertiary/aromatic N) is 7. The number of hydrogen-bond donors (Lipinski definition) is 0. The molecule has 3 aromatic rings. The van der Waals surface area contributed by atoms with Crippen molar-refractivity contribution in [1.29, 1.82) is 0 Å². The van der Waals surface area contributed by atoms with Gasteiger partial charge in [0.05, 0.1) is 23.9 Å². The molecule has 1 aromatic carbocycles. The predicted octanol–water partition coefficient (Wildman–Crippen LogP) is 1.84. The van der Waals surface area contributed by atoms with E-state index in [9.17, 15) is 8.42 Å². The number of morpholine rings is 1. The minimum Gasteiger partial charge on any atom is -0.411 e. The lowest BCUT2D eigenvalue weighted by molar-refractivity contribution is 0.0730. The van der Waals surface area contributed by atoms with Crippen molar-refractivity contribution in [3.63, 3.8) is 0 Å². The number of hydrogen-bond acceptors (Lipinski definition) is 10. The van der Waals surface area contributed by atoms with Crippen molar-refractivity contribution < 1.29 is 17.6 Å². The van der Waals surface area contributed by atoms with Gasteiger partial charge in [0.1, 0.15) is 0 Å². The summed E-state index contributed by atoms with van der Waals surface area (Å²) in [5.74, 6) is 1.48. The Morgan fingerprint density at radius 2 is 2.00 bits per heavy atom. The van der Waals surface area contributed by atoms with Gasteiger partial charge in [-0.25, -0.2) is 13.1 Å². The van der Waals surface area contributed by atoms with Crippen molar-refractivity contribution in [2.24, 2.45) is 0 Å². The topological polar surface area (TPSA) is 129 Å². The first kappa shape index (κ1) is 21.9. The summed E-state index contributed by atoms with van der Waals surface area (Å²) in [7, 11) is -3.60. The molecule has 0 spiro atoms. The van der Waals surface area contributed by atoms with Crippen molar-refractivity contribution in [2.75, 3.05) is 26.3 Å². The molecule has 3 heterocycles. The molecule has 1 aliphatic rings. The van der Waals surface area contributed by atoms with Crippen LogP contribution >= 0.6 is 11.8 Å². The fraction of sp³-hybridized carbons (Fsp3) is 0.500. The summed E-state index contributed by atoms with van der Waals surface area (Å²) in [4.78, 5) is 0.189. The van der Waals surface area contributed by atoms with Crippen LogP contribution in [0.3, 0.4) is 0 Å². The van der Waals surface area contributed by atoms with E-state index >= 15 is 0 Å². The van der Waals surface area contributed by atoms with Crippen LogP contribution in [-0.4, -0.2) is 69.4 Å². The molecule has 0 atom stereocenters. The molecule has 1 fully saturated rings. The lowest BCUT2D eigenvalue weighted by atomic mass is 10.2. The standard InChI is InChI=1S/C18H23N7O4S2/c1-2-3-7-25-16(19-22-23-25)13-30-18-21-20-17(29-18)14-5-4-6-15(12-14)31(26,27)24-8-10-28-11-9-24/h4-6,12H,2-3,7-11,13H2,1H3. The Labute approximate surface area is 184 Å². The minimum atomic E-state index is -3.60. The lowest BCUT2D eigenvalue weighted by Crippen LogP contribution is -2.40. The highest BCUT2D eigenvalue weighted by Gasteiger charge is 2.27. The van der Waals surface area contributed by atoms with Gasteiger partial charge in [0.15, 0.2) is 5.82 Å². The highest BCUT2D eigenvalue weighted by molar-refractivity contribution is 7.98. The highest BCUT2D eigenvalue weighted by Crippen LogP contribution is 2.27. The Morgan fingerprint density at radius 1 is 1.16 bits per heavy atom. The van der Waals surface area contributed by atoms with Crippen LogP contribution in [0.5, 0.6) is 0 Å². The Morgan fingerprint density at radius 3 is 2.81 bits per heavy atom. The van der Waals surface area contributed by atoms with E-state index < -0.39 is 10.0 Å². The van der Waals surface area contributed by atoms with Gasteiger partial charge in [-0.1, -0.05) is 31.2 Å². The number of rotatable bonds is 9. The molecule has 0 N–H and O–H groups in total. The molecular weight excluding hydrogens is 442 g/mol. The lowest BCUT2D eigenvalue weighted by Gasteiger charge is -2.26. The van der Waals surface area contributed by atoms with Crippen LogP contribution in [0.15, 0.2) is 38.8 Å². The Balaban J connectivity index is 1.46. The fourth-order valence-corrected chi connectivity index (χ4v) is 5.19. The average Bonchev–Trinajstić information content (AvgIpc) is 3.46. The number of unbranched alkanes of at least 4 members (excludes halogenated alkanes) is 1. The van der Waals surface area contributed by atoms with Gasteiger partial charge in [-0.2, -0.15) is 4.31 Å². The number of tetrazole rings is 1. The molecular formula is C18H23N7O4S2. The molecule has 4 rings (SSSR count). The van der Waals surface area contributed by atoms with E-state index in [4.69, 9.17) is 9.15 Å². The number of thioether (sulfide) groups is 1. The van der Waals surface area contributed by atoms with Crippen molar-refractivity contribution in [3.8, 4) is 11.5 Å². The summed E-state index contributed by atoms with van der Waals surface area (Å²) in [6.07, 6.45) is 2.05. The average molecular weight is 466 g/mol. The number of aryl methyl sites for hydroxylation is 1. The number of ether oxygens (including phenoxy) is 1. The molecule has 31 heavy (non-hydrogen) atoms. The van der Waals surface area contributed by atoms with Gasteiger partial charge in [0, 0.05) is 25.2 Å². The van der Waals surface area contributed by atoms with Crippen LogP contribution in [0.4, 0.5) is 0 Å². The van der Waals surface area contributed by atoms with Gasteiger partial charge < -0.3 is 9.15 Å².